The number of carbonyl (C=O) groups excluding carboxylic acids is 2. The first kappa shape index (κ1) is 57.2. The van der Waals surface area contributed by atoms with Gasteiger partial charge in [0.25, 0.3) is 0 Å². The number of fused-ring (bicyclic) bond motifs is 2. The van der Waals surface area contributed by atoms with Crippen LogP contribution in [-0.4, -0.2) is 65.6 Å². The van der Waals surface area contributed by atoms with Gasteiger partial charge in [0.15, 0.2) is 0 Å². The van der Waals surface area contributed by atoms with Gasteiger partial charge in [-0.05, 0) is 217 Å². The van der Waals surface area contributed by atoms with Gasteiger partial charge in [0, 0.05) is 48.5 Å². The molecule has 3 aliphatic heterocycles. The fraction of sp³-hybridized carbons (Fsp3) is 0.242. The highest BCUT2D eigenvalue weighted by atomic mass is 127. The van der Waals surface area contributed by atoms with E-state index in [4.69, 9.17) is 18.8 Å². The van der Waals surface area contributed by atoms with E-state index in [-0.39, 0.29) is 16.7 Å². The van der Waals surface area contributed by atoms with Crippen molar-refractivity contribution in [3.63, 3.8) is 0 Å². The number of nitrogens with one attached hydrogen (secondary N) is 2. The lowest BCUT2D eigenvalue weighted by Gasteiger charge is -2.32. The maximum Gasteiger partial charge on any atom is 0.512 e. The van der Waals surface area contributed by atoms with Crippen molar-refractivity contribution < 1.29 is 46.6 Å². The predicted molar refractivity (Wildman–Crippen MR) is 321 cm³/mol. The van der Waals surface area contributed by atoms with Gasteiger partial charge in [0.05, 0.1) is 36.5 Å². The monoisotopic (exact) mass is 1190 g/mol. The van der Waals surface area contributed by atoms with Crippen LogP contribution in [0.1, 0.15) is 109 Å². The number of aryl methyl sites for hydroxylation is 2. The van der Waals surface area contributed by atoms with E-state index in [0.717, 1.165) is 50.7 Å². The third-order valence-electron chi connectivity index (χ3n) is 14.5. The SMILES string of the molecule is COC(=O)c1ccc(-c2ccc(-c3ccc4c(c3)C(c3ccc(C)cc3)=CC(C)(C)O4)[nH]2)cc1F.COC(=O)c1ccc(-c2ccc(B3OC(C)(C)C(C)(C)O3)[nH]2)cc1F.Cc1ccc(C2=CC(C)(C)Oc3ccc(I)cc32)cc1. The molecule has 0 spiro atoms. The topological polar surface area (TPSA) is 121 Å². The van der Waals surface area contributed by atoms with Gasteiger partial charge in [-0.3, -0.25) is 0 Å². The van der Waals surface area contributed by atoms with E-state index in [9.17, 15) is 18.4 Å². The van der Waals surface area contributed by atoms with Gasteiger partial charge in [0.1, 0.15) is 34.3 Å². The lowest BCUT2D eigenvalue weighted by molar-refractivity contribution is 0.00578. The summed E-state index contributed by atoms with van der Waals surface area (Å²) < 4.78 is 63.3. The van der Waals surface area contributed by atoms with Crippen molar-refractivity contribution in [2.24, 2.45) is 0 Å². The maximum atomic E-state index is 14.4. The molecule has 5 heterocycles. The van der Waals surface area contributed by atoms with Crippen LogP contribution in [0.4, 0.5) is 8.78 Å². The molecule has 80 heavy (non-hydrogen) atoms. The van der Waals surface area contributed by atoms with Gasteiger partial charge in [-0.1, -0.05) is 71.8 Å². The molecule has 0 atom stereocenters. The Balaban J connectivity index is 0.000000152. The highest BCUT2D eigenvalue weighted by Gasteiger charge is 2.52. The number of halogens is 3. The van der Waals surface area contributed by atoms with E-state index < -0.39 is 47.5 Å². The average Bonchev–Trinajstić information content (AvgIpc) is 4.19. The number of hydrogen-bond acceptors (Lipinski definition) is 8. The van der Waals surface area contributed by atoms with Crippen molar-refractivity contribution in [3.05, 3.63) is 217 Å². The number of ether oxygens (including phenoxy) is 4. The molecule has 410 valence electrons. The molecular formula is C66H64BF2IN2O8. The number of rotatable bonds is 8. The Kier molecular flexibility index (Phi) is 16.1. The van der Waals surface area contributed by atoms with E-state index in [1.54, 1.807) is 12.1 Å². The lowest BCUT2D eigenvalue weighted by Crippen LogP contribution is -2.41. The average molecular weight is 1190 g/mol. The molecular weight excluding hydrogens is 1120 g/mol. The fourth-order valence-electron chi connectivity index (χ4n) is 9.56. The normalized spacial score (nSPS) is 15.9. The zero-order chi connectivity index (χ0) is 57.5. The van der Waals surface area contributed by atoms with E-state index in [1.165, 1.54) is 69.9 Å². The molecule has 0 amide bonds. The summed E-state index contributed by atoms with van der Waals surface area (Å²) in [5.74, 6) is -0.841. The Morgan fingerprint density at radius 3 is 1.32 bits per heavy atom. The highest BCUT2D eigenvalue weighted by Crippen LogP contribution is 2.43. The van der Waals surface area contributed by atoms with Gasteiger partial charge in [0.2, 0.25) is 0 Å². The van der Waals surface area contributed by atoms with Crippen LogP contribution in [0.5, 0.6) is 11.5 Å². The summed E-state index contributed by atoms with van der Waals surface area (Å²) >= 11 is 2.35. The number of methoxy groups -OCH3 is 2. The minimum Gasteiger partial charge on any atom is -0.483 e. The summed E-state index contributed by atoms with van der Waals surface area (Å²) in [5, 5.41) is 0. The minimum atomic E-state index is -0.701. The van der Waals surface area contributed by atoms with Crippen LogP contribution >= 0.6 is 22.6 Å². The molecule has 0 unspecified atom stereocenters. The Labute approximate surface area is 480 Å². The van der Waals surface area contributed by atoms with Crippen molar-refractivity contribution in [1.82, 2.24) is 9.97 Å². The largest absolute Gasteiger partial charge is 0.512 e. The second-order valence-electron chi connectivity index (χ2n) is 22.2. The van der Waals surface area contributed by atoms with Crippen LogP contribution in [-0.2, 0) is 18.8 Å². The molecule has 1 saturated heterocycles. The third kappa shape index (κ3) is 12.4. The molecule has 2 aromatic heterocycles. The lowest BCUT2D eigenvalue weighted by atomic mass is 9.85. The Morgan fingerprint density at radius 2 is 0.875 bits per heavy atom. The van der Waals surface area contributed by atoms with E-state index in [2.05, 4.69) is 169 Å². The summed E-state index contributed by atoms with van der Waals surface area (Å²) in [5.41, 5.74) is 13.1. The third-order valence-corrected chi connectivity index (χ3v) is 15.2. The van der Waals surface area contributed by atoms with Crippen LogP contribution in [0, 0.1) is 29.1 Å². The zero-order valence-electron chi connectivity index (χ0n) is 47.0. The summed E-state index contributed by atoms with van der Waals surface area (Å²) in [7, 11) is 1.94. The van der Waals surface area contributed by atoms with Gasteiger partial charge >= 0.3 is 19.1 Å². The molecule has 10 nitrogen and oxygen atoms in total. The second-order valence-corrected chi connectivity index (χ2v) is 23.4. The molecule has 11 rings (SSSR count). The van der Waals surface area contributed by atoms with Crippen molar-refractivity contribution in [2.45, 2.75) is 91.6 Å². The second kappa shape index (κ2) is 22.5. The van der Waals surface area contributed by atoms with Crippen LogP contribution in [0.25, 0.3) is 44.9 Å². The first-order valence-electron chi connectivity index (χ1n) is 26.3. The highest BCUT2D eigenvalue weighted by molar-refractivity contribution is 14.1. The summed E-state index contributed by atoms with van der Waals surface area (Å²) in [6.45, 7) is 20.4. The van der Waals surface area contributed by atoms with Crippen molar-refractivity contribution in [2.75, 3.05) is 14.2 Å². The molecule has 3 aliphatic rings. The molecule has 0 saturated carbocycles. The maximum absolute atomic E-state index is 14.4. The Bertz CT molecular complexity index is 3690. The number of aromatic amines is 2. The quantitative estimate of drug-likeness (QED) is 0.0877. The molecule has 14 heteroatoms. The first-order chi connectivity index (χ1) is 37.8. The number of benzene rings is 6. The Hall–Kier alpha value is -7.53. The standard InChI is InChI=1S/C30H26FNO3.C18H21BFNO4.C18H17IO/c1-18-5-7-19(8-6-18)24-17-30(2,3)35-28-14-10-20(15-23(24)28)26-12-13-27(32-26)21-9-11-22(25(31)16-21)29(33)34-4;1-17(2)18(3,4)25-19(24-17)15-9-8-14(21-15)11-6-7-12(13(20)10-11)16(22)23-5;1-12-4-6-13(7-5-12)16-11-18(2,3)20-17-9-8-14(19)10-15(16)17/h5-17,32H,1-4H3;6-10,21H,1-5H3;4-11H,1-3H3. The fourth-order valence-corrected chi connectivity index (χ4v) is 10.0. The molecule has 0 aliphatic carbocycles. The smallest absolute Gasteiger partial charge is 0.483 e. The van der Waals surface area contributed by atoms with Crippen molar-refractivity contribution in [3.8, 4) is 45.3 Å². The molecule has 1 fully saturated rings. The predicted octanol–water partition coefficient (Wildman–Crippen LogP) is 15.3. The Morgan fingerprint density at radius 1 is 0.487 bits per heavy atom. The summed E-state index contributed by atoms with van der Waals surface area (Å²) in [6, 6.07) is 46.1. The number of H-pyrrole nitrogens is 2. The summed E-state index contributed by atoms with van der Waals surface area (Å²) in [6.07, 6.45) is 4.38. The number of hydrogen-bond donors (Lipinski definition) is 2. The summed E-state index contributed by atoms with van der Waals surface area (Å²) in [4.78, 5) is 29.8. The zero-order valence-corrected chi connectivity index (χ0v) is 49.1. The van der Waals surface area contributed by atoms with Crippen molar-refractivity contribution >= 4 is 58.4 Å². The van der Waals surface area contributed by atoms with Crippen molar-refractivity contribution in [1.29, 1.82) is 0 Å². The van der Waals surface area contributed by atoms with E-state index in [1.807, 2.05) is 64.1 Å². The minimum absolute atomic E-state index is 0.0870. The van der Waals surface area contributed by atoms with Gasteiger partial charge in [-0.2, -0.15) is 0 Å². The number of aromatic nitrogens is 2. The van der Waals surface area contributed by atoms with Gasteiger partial charge in [-0.25, -0.2) is 18.4 Å². The molecule has 6 aromatic carbocycles. The van der Waals surface area contributed by atoms with Gasteiger partial charge in [-0.15, -0.1) is 0 Å². The van der Waals surface area contributed by atoms with Crippen LogP contribution in [0.3, 0.4) is 0 Å². The van der Waals surface area contributed by atoms with Gasteiger partial charge < -0.3 is 38.2 Å². The molecule has 2 N–H and O–H groups in total. The first-order valence-corrected chi connectivity index (χ1v) is 27.3. The molecule has 0 radical (unpaired) electrons. The number of esters is 2. The van der Waals surface area contributed by atoms with Crippen LogP contribution in [0.2, 0.25) is 0 Å². The number of carbonyl (C=O) groups is 2. The van der Waals surface area contributed by atoms with E-state index in [0.29, 0.717) is 16.8 Å². The molecule has 8 aromatic rings. The molecule has 0 bridgehead atoms. The van der Waals surface area contributed by atoms with E-state index >= 15 is 0 Å². The van der Waals surface area contributed by atoms with Crippen LogP contribution in [0.15, 0.2) is 158 Å². The van der Waals surface area contributed by atoms with Crippen LogP contribution < -0.4 is 15.1 Å².